The predicted molar refractivity (Wildman–Crippen MR) is 94.0 cm³/mol. The first-order valence-electron chi connectivity index (χ1n) is 9.79. The minimum atomic E-state index is -0.931. The largest absolute Gasteiger partial charge is 0.462 e. The average Bonchev–Trinajstić information content (AvgIpc) is 2.79. The molecule has 26 heavy (non-hydrogen) atoms. The molecule has 0 heterocycles. The summed E-state index contributed by atoms with van der Waals surface area (Å²) in [7, 11) is 0. The summed E-state index contributed by atoms with van der Waals surface area (Å²) < 4.78 is 5.40. The van der Waals surface area contributed by atoms with Gasteiger partial charge in [0.1, 0.15) is 12.2 Å². The van der Waals surface area contributed by atoms with Crippen LogP contribution < -0.4 is 0 Å². The van der Waals surface area contributed by atoms with Crippen LogP contribution in [0, 0.1) is 28.6 Å². The summed E-state index contributed by atoms with van der Waals surface area (Å²) >= 11 is 0. The molecule has 0 aromatic heterocycles. The second-order valence-electron chi connectivity index (χ2n) is 9.32. The molecule has 3 unspecified atom stereocenters. The van der Waals surface area contributed by atoms with Crippen LogP contribution in [0.1, 0.15) is 59.3 Å². The van der Waals surface area contributed by atoms with E-state index in [0.717, 1.165) is 31.3 Å². The van der Waals surface area contributed by atoms with E-state index in [-0.39, 0.29) is 46.8 Å². The molecule has 142 valence electrons. The maximum atomic E-state index is 13.1. The van der Waals surface area contributed by atoms with Gasteiger partial charge in [-0.15, -0.1) is 0 Å². The van der Waals surface area contributed by atoms with Crippen molar-refractivity contribution in [1.29, 1.82) is 0 Å². The molecule has 3 saturated carbocycles. The summed E-state index contributed by atoms with van der Waals surface area (Å²) in [5.41, 5.74) is 0.562. The molecule has 0 aromatic rings. The van der Waals surface area contributed by atoms with E-state index in [4.69, 9.17) is 4.74 Å². The smallest absolute Gasteiger partial charge is 0.302 e. The van der Waals surface area contributed by atoms with Crippen LogP contribution >= 0.6 is 0 Å². The first-order valence-corrected chi connectivity index (χ1v) is 9.79. The third kappa shape index (κ3) is 2.35. The van der Waals surface area contributed by atoms with Crippen LogP contribution in [0.4, 0.5) is 0 Å². The van der Waals surface area contributed by atoms with Gasteiger partial charge in [-0.05, 0) is 49.0 Å². The zero-order chi connectivity index (χ0) is 18.9. The van der Waals surface area contributed by atoms with Gasteiger partial charge in [0.2, 0.25) is 0 Å². The van der Waals surface area contributed by atoms with E-state index < -0.39 is 11.5 Å². The maximum absolute atomic E-state index is 13.1. The first kappa shape index (κ1) is 17.9. The Morgan fingerprint density at radius 1 is 1.15 bits per heavy atom. The minimum Gasteiger partial charge on any atom is -0.462 e. The number of fused-ring (bicyclic) bond motifs is 5. The van der Waals surface area contributed by atoms with Gasteiger partial charge in [-0.1, -0.05) is 19.4 Å². The van der Waals surface area contributed by atoms with Gasteiger partial charge < -0.3 is 9.84 Å². The fraction of sp³-hybridized carbons (Fsp3) is 0.762. The van der Waals surface area contributed by atoms with E-state index in [1.807, 2.05) is 6.92 Å². The van der Waals surface area contributed by atoms with E-state index in [0.29, 0.717) is 12.8 Å². The number of hydrogen-bond acceptors (Lipinski definition) is 5. The highest BCUT2D eigenvalue weighted by atomic mass is 16.5. The standard InChI is InChI=1S/C21H28O5/c1-11(22)26-13-4-6-20(2)12(8-13)9-16(23)18-14(20)5-7-21(3)15(18)10-17(24)19(21)25/h9,13-15,18-19,25H,4-8,10H2,1-3H3/t13-,14?,15?,18?,19-,20-,21-/m0/s1. The number of Topliss-reactive ketones (excluding diaryl/α,β-unsaturated/α-hetero) is 1. The number of carbonyl (C=O) groups excluding carboxylic acids is 3. The number of aliphatic hydroxyl groups is 1. The molecule has 4 rings (SSSR count). The molecule has 5 nitrogen and oxygen atoms in total. The van der Waals surface area contributed by atoms with Crippen LogP contribution in [-0.4, -0.2) is 34.9 Å². The lowest BCUT2D eigenvalue weighted by atomic mass is 9.47. The molecule has 7 atom stereocenters. The monoisotopic (exact) mass is 360 g/mol. The molecule has 0 aliphatic heterocycles. The van der Waals surface area contributed by atoms with Gasteiger partial charge in [0, 0.05) is 31.1 Å². The average molecular weight is 360 g/mol. The summed E-state index contributed by atoms with van der Waals surface area (Å²) in [6, 6.07) is 0. The Kier molecular flexibility index (Phi) is 3.96. The number of ketones is 2. The summed E-state index contributed by atoms with van der Waals surface area (Å²) in [5.74, 6) is -0.297. The van der Waals surface area contributed by atoms with Crippen LogP contribution in [0.5, 0.6) is 0 Å². The van der Waals surface area contributed by atoms with Crippen LogP contribution in [0.2, 0.25) is 0 Å². The molecule has 4 aliphatic rings. The second kappa shape index (κ2) is 5.75. The Morgan fingerprint density at radius 3 is 2.58 bits per heavy atom. The van der Waals surface area contributed by atoms with Gasteiger partial charge >= 0.3 is 5.97 Å². The van der Waals surface area contributed by atoms with Gasteiger partial charge in [-0.3, -0.25) is 14.4 Å². The van der Waals surface area contributed by atoms with Crippen molar-refractivity contribution >= 4 is 17.5 Å². The molecule has 0 spiro atoms. The fourth-order valence-electron chi connectivity index (χ4n) is 6.48. The number of esters is 1. The molecule has 0 aromatic carbocycles. The fourth-order valence-corrected chi connectivity index (χ4v) is 6.48. The van der Waals surface area contributed by atoms with Crippen molar-refractivity contribution in [3.05, 3.63) is 11.6 Å². The molecule has 5 heteroatoms. The molecule has 1 N–H and O–H groups in total. The number of rotatable bonds is 1. The van der Waals surface area contributed by atoms with Crippen molar-refractivity contribution in [2.75, 3.05) is 0 Å². The molecule has 3 fully saturated rings. The van der Waals surface area contributed by atoms with Gasteiger partial charge in [-0.25, -0.2) is 0 Å². The van der Waals surface area contributed by atoms with Gasteiger partial charge in [0.25, 0.3) is 0 Å². The van der Waals surface area contributed by atoms with Crippen molar-refractivity contribution in [2.45, 2.75) is 71.5 Å². The molecule has 0 radical (unpaired) electrons. The van der Waals surface area contributed by atoms with Gasteiger partial charge in [-0.2, -0.15) is 0 Å². The summed E-state index contributed by atoms with van der Waals surface area (Å²) in [6.45, 7) is 5.65. The van der Waals surface area contributed by atoms with E-state index in [1.54, 1.807) is 6.08 Å². The van der Waals surface area contributed by atoms with Crippen LogP contribution in [0.15, 0.2) is 11.6 Å². The Balaban J connectivity index is 1.67. The topological polar surface area (TPSA) is 80.7 Å². The molecular formula is C21H28O5. The number of allylic oxidation sites excluding steroid dienone is 1. The maximum Gasteiger partial charge on any atom is 0.302 e. The Labute approximate surface area is 154 Å². The number of ether oxygens (including phenoxy) is 1. The SMILES string of the molecule is CC(=O)O[C@H]1CC[C@@]2(C)C(=CC(=O)C3C2CC[C@@]2(C)C3CC(=O)[C@@H]2O)C1. The molecule has 0 saturated heterocycles. The minimum absolute atomic E-state index is 0.0583. The zero-order valence-electron chi connectivity index (χ0n) is 15.8. The van der Waals surface area contributed by atoms with E-state index in [2.05, 4.69) is 6.92 Å². The van der Waals surface area contributed by atoms with E-state index >= 15 is 0 Å². The quantitative estimate of drug-likeness (QED) is 0.727. The normalized spacial score (nSPS) is 47.5. The zero-order valence-corrected chi connectivity index (χ0v) is 15.8. The van der Waals surface area contributed by atoms with Crippen LogP contribution in [0.25, 0.3) is 0 Å². The number of carbonyl (C=O) groups is 3. The molecular weight excluding hydrogens is 332 g/mol. The molecule has 0 amide bonds. The number of aliphatic hydroxyl groups excluding tert-OH is 1. The summed E-state index contributed by atoms with van der Waals surface area (Å²) in [4.78, 5) is 36.6. The highest BCUT2D eigenvalue weighted by Crippen LogP contribution is 2.63. The highest BCUT2D eigenvalue weighted by Gasteiger charge is 2.63. The molecule has 4 aliphatic carbocycles. The Morgan fingerprint density at radius 2 is 1.88 bits per heavy atom. The van der Waals surface area contributed by atoms with Gasteiger partial charge in [0.05, 0.1) is 0 Å². The van der Waals surface area contributed by atoms with Crippen molar-refractivity contribution in [3.8, 4) is 0 Å². The third-order valence-corrected chi connectivity index (χ3v) is 8.02. The van der Waals surface area contributed by atoms with Crippen LogP contribution in [-0.2, 0) is 19.1 Å². The lowest BCUT2D eigenvalue weighted by molar-refractivity contribution is -0.149. The lowest BCUT2D eigenvalue weighted by Crippen LogP contribution is -2.54. The predicted octanol–water partition coefficient (Wildman–Crippen LogP) is 2.60. The third-order valence-electron chi connectivity index (χ3n) is 8.02. The van der Waals surface area contributed by atoms with Crippen molar-refractivity contribution in [2.24, 2.45) is 28.6 Å². The Hall–Kier alpha value is -1.49. The molecule has 0 bridgehead atoms. The van der Waals surface area contributed by atoms with E-state index in [9.17, 15) is 19.5 Å². The van der Waals surface area contributed by atoms with Crippen molar-refractivity contribution < 1.29 is 24.2 Å². The van der Waals surface area contributed by atoms with Crippen molar-refractivity contribution in [3.63, 3.8) is 0 Å². The highest BCUT2D eigenvalue weighted by molar-refractivity contribution is 5.96. The summed E-state index contributed by atoms with van der Waals surface area (Å²) in [6.07, 6.45) is 5.01. The van der Waals surface area contributed by atoms with Gasteiger partial charge in [0.15, 0.2) is 11.6 Å². The van der Waals surface area contributed by atoms with Crippen molar-refractivity contribution in [1.82, 2.24) is 0 Å². The Bertz CT molecular complexity index is 709. The second-order valence-corrected chi connectivity index (χ2v) is 9.32. The van der Waals surface area contributed by atoms with Crippen LogP contribution in [0.3, 0.4) is 0 Å². The first-order chi connectivity index (χ1) is 12.2. The van der Waals surface area contributed by atoms with E-state index in [1.165, 1.54) is 6.92 Å². The number of hydrogen-bond donors (Lipinski definition) is 1. The lowest BCUT2D eigenvalue weighted by Gasteiger charge is -2.56. The summed E-state index contributed by atoms with van der Waals surface area (Å²) in [5, 5.41) is 10.4.